The van der Waals surface area contributed by atoms with Crippen molar-refractivity contribution in [3.63, 3.8) is 0 Å². The van der Waals surface area contributed by atoms with Crippen LogP contribution in [0.15, 0.2) is 36.5 Å². The predicted molar refractivity (Wildman–Crippen MR) is 74.2 cm³/mol. The first-order valence-corrected chi connectivity index (χ1v) is 5.89. The fourth-order valence-electron chi connectivity index (χ4n) is 1.66. The first kappa shape index (κ1) is 13.8. The highest BCUT2D eigenvalue weighted by atomic mass is 16.6. The Morgan fingerprint density at radius 2 is 2.20 bits per heavy atom. The molecule has 1 aromatic carbocycles. The summed E-state index contributed by atoms with van der Waals surface area (Å²) < 4.78 is 5.58. The Morgan fingerprint density at radius 1 is 1.40 bits per heavy atom. The lowest BCUT2D eigenvalue weighted by Gasteiger charge is -2.09. The zero-order valence-corrected chi connectivity index (χ0v) is 10.9. The van der Waals surface area contributed by atoms with Gasteiger partial charge in [-0.1, -0.05) is 0 Å². The van der Waals surface area contributed by atoms with Gasteiger partial charge in [0.1, 0.15) is 12.4 Å². The van der Waals surface area contributed by atoms with Crippen molar-refractivity contribution in [3.05, 3.63) is 57.9 Å². The molecule has 0 spiro atoms. The number of rotatable bonds is 5. The number of anilines is 1. The van der Waals surface area contributed by atoms with Crippen LogP contribution in [-0.4, -0.2) is 9.91 Å². The van der Waals surface area contributed by atoms with E-state index in [9.17, 15) is 10.1 Å². The number of nitrogens with one attached hydrogen (secondary N) is 1. The number of hydrazine groups is 1. The lowest BCUT2D eigenvalue weighted by molar-refractivity contribution is -0.385. The molecule has 0 amide bonds. The second-order valence-electron chi connectivity index (χ2n) is 4.18. The van der Waals surface area contributed by atoms with E-state index in [4.69, 9.17) is 10.6 Å². The van der Waals surface area contributed by atoms with E-state index in [2.05, 4.69) is 10.4 Å². The van der Waals surface area contributed by atoms with Gasteiger partial charge in [0.25, 0.3) is 5.69 Å². The minimum atomic E-state index is -0.455. The molecule has 0 saturated carbocycles. The Labute approximate surface area is 115 Å². The average molecular weight is 274 g/mol. The van der Waals surface area contributed by atoms with E-state index in [1.807, 2.05) is 6.92 Å². The lowest BCUT2D eigenvalue weighted by atomic mass is 10.2. The molecule has 0 saturated heterocycles. The van der Waals surface area contributed by atoms with Crippen molar-refractivity contribution >= 4 is 11.4 Å². The van der Waals surface area contributed by atoms with Crippen LogP contribution in [0.5, 0.6) is 5.75 Å². The number of aromatic nitrogens is 1. The van der Waals surface area contributed by atoms with Gasteiger partial charge in [-0.2, -0.15) is 0 Å². The molecule has 0 radical (unpaired) electrons. The van der Waals surface area contributed by atoms with Crippen molar-refractivity contribution in [2.24, 2.45) is 5.84 Å². The van der Waals surface area contributed by atoms with E-state index in [1.165, 1.54) is 12.1 Å². The quantitative estimate of drug-likeness (QED) is 0.492. The molecule has 0 aliphatic rings. The Morgan fingerprint density at radius 3 is 2.90 bits per heavy atom. The summed E-state index contributed by atoms with van der Waals surface area (Å²) in [6.45, 7) is 2.03. The Hall–Kier alpha value is -2.67. The third-order valence-electron chi connectivity index (χ3n) is 2.74. The molecule has 0 aliphatic carbocycles. The molecule has 104 valence electrons. The minimum absolute atomic E-state index is 0.00376. The Bertz CT molecular complexity index is 631. The van der Waals surface area contributed by atoms with E-state index in [0.29, 0.717) is 11.4 Å². The van der Waals surface area contributed by atoms with Crippen LogP contribution in [0, 0.1) is 17.0 Å². The van der Waals surface area contributed by atoms with Crippen molar-refractivity contribution in [3.8, 4) is 5.75 Å². The fraction of sp³-hybridized carbons (Fsp3) is 0.154. The number of nitrogens with two attached hydrogens (primary N) is 1. The SMILES string of the molecule is Cc1ccc([N+](=O)[O-])cc1OCc1cc(NN)ccn1. The maximum absolute atomic E-state index is 10.7. The summed E-state index contributed by atoms with van der Waals surface area (Å²) in [5.74, 6) is 5.77. The number of nitrogens with zero attached hydrogens (tertiary/aromatic N) is 2. The molecule has 1 heterocycles. The van der Waals surface area contributed by atoms with Crippen LogP contribution in [0.2, 0.25) is 0 Å². The Kier molecular flexibility index (Phi) is 4.11. The summed E-state index contributed by atoms with van der Waals surface area (Å²) in [6.07, 6.45) is 1.61. The lowest BCUT2D eigenvalue weighted by Crippen LogP contribution is -2.08. The van der Waals surface area contributed by atoms with Crippen LogP contribution < -0.4 is 16.0 Å². The van der Waals surface area contributed by atoms with Crippen LogP contribution in [-0.2, 0) is 6.61 Å². The number of benzene rings is 1. The highest BCUT2D eigenvalue weighted by molar-refractivity contribution is 5.44. The van der Waals surface area contributed by atoms with Crippen molar-refractivity contribution in [1.82, 2.24) is 4.98 Å². The van der Waals surface area contributed by atoms with Gasteiger partial charge in [-0.3, -0.25) is 20.9 Å². The molecular formula is C13H14N4O3. The van der Waals surface area contributed by atoms with Gasteiger partial charge in [0.15, 0.2) is 0 Å². The van der Waals surface area contributed by atoms with Gasteiger partial charge in [-0.25, -0.2) is 0 Å². The van der Waals surface area contributed by atoms with E-state index in [-0.39, 0.29) is 12.3 Å². The van der Waals surface area contributed by atoms with Gasteiger partial charge in [0, 0.05) is 12.3 Å². The molecule has 0 bridgehead atoms. The van der Waals surface area contributed by atoms with Gasteiger partial charge in [-0.15, -0.1) is 0 Å². The molecule has 0 aliphatic heterocycles. The predicted octanol–water partition coefficient (Wildman–Crippen LogP) is 2.16. The molecular weight excluding hydrogens is 260 g/mol. The highest BCUT2D eigenvalue weighted by Gasteiger charge is 2.10. The molecule has 0 atom stereocenters. The monoisotopic (exact) mass is 274 g/mol. The van der Waals surface area contributed by atoms with Gasteiger partial charge in [0.2, 0.25) is 0 Å². The summed E-state index contributed by atoms with van der Waals surface area (Å²) in [6, 6.07) is 7.97. The smallest absolute Gasteiger partial charge is 0.273 e. The molecule has 7 nitrogen and oxygen atoms in total. The van der Waals surface area contributed by atoms with Gasteiger partial charge in [0.05, 0.1) is 22.4 Å². The third-order valence-corrected chi connectivity index (χ3v) is 2.74. The van der Waals surface area contributed by atoms with Crippen molar-refractivity contribution in [2.45, 2.75) is 13.5 Å². The van der Waals surface area contributed by atoms with Gasteiger partial charge in [-0.05, 0) is 30.7 Å². The minimum Gasteiger partial charge on any atom is -0.487 e. The molecule has 7 heteroatoms. The maximum atomic E-state index is 10.7. The van der Waals surface area contributed by atoms with E-state index >= 15 is 0 Å². The highest BCUT2D eigenvalue weighted by Crippen LogP contribution is 2.24. The molecule has 1 aromatic heterocycles. The zero-order valence-electron chi connectivity index (χ0n) is 10.9. The van der Waals surface area contributed by atoms with Crippen LogP contribution in [0.4, 0.5) is 11.4 Å². The third kappa shape index (κ3) is 3.21. The van der Waals surface area contributed by atoms with Gasteiger partial charge < -0.3 is 10.2 Å². The van der Waals surface area contributed by atoms with Crippen molar-refractivity contribution in [1.29, 1.82) is 0 Å². The molecule has 0 unspecified atom stereocenters. The number of nitro groups is 1. The van der Waals surface area contributed by atoms with E-state index in [0.717, 1.165) is 11.3 Å². The fourth-order valence-corrected chi connectivity index (χ4v) is 1.66. The largest absolute Gasteiger partial charge is 0.487 e. The first-order valence-electron chi connectivity index (χ1n) is 5.89. The summed E-state index contributed by atoms with van der Waals surface area (Å²) in [5.41, 5.74) is 4.72. The van der Waals surface area contributed by atoms with Crippen LogP contribution in [0.1, 0.15) is 11.3 Å². The zero-order chi connectivity index (χ0) is 14.5. The van der Waals surface area contributed by atoms with E-state index in [1.54, 1.807) is 24.4 Å². The average Bonchev–Trinajstić information content (AvgIpc) is 2.46. The second kappa shape index (κ2) is 5.98. The van der Waals surface area contributed by atoms with Crippen molar-refractivity contribution < 1.29 is 9.66 Å². The standard InChI is InChI=1S/C13H14N4O3/c1-9-2-3-12(17(18)19)7-13(9)20-8-11-6-10(16-14)4-5-15-11/h2-7H,8,14H2,1H3,(H,15,16). The molecule has 0 fully saturated rings. The molecule has 2 rings (SSSR count). The molecule has 20 heavy (non-hydrogen) atoms. The topological polar surface area (TPSA) is 103 Å². The number of nitro benzene ring substituents is 1. The van der Waals surface area contributed by atoms with Crippen molar-refractivity contribution in [2.75, 3.05) is 5.43 Å². The summed E-state index contributed by atoms with van der Waals surface area (Å²) in [7, 11) is 0. The number of nitrogen functional groups attached to an aromatic ring is 1. The summed E-state index contributed by atoms with van der Waals surface area (Å²) >= 11 is 0. The number of ether oxygens (including phenoxy) is 1. The number of aryl methyl sites for hydroxylation is 1. The summed E-state index contributed by atoms with van der Waals surface area (Å²) in [5, 5.41) is 10.7. The van der Waals surface area contributed by atoms with Crippen LogP contribution in [0.3, 0.4) is 0 Å². The number of hydrogen-bond acceptors (Lipinski definition) is 6. The number of hydrogen-bond donors (Lipinski definition) is 2. The normalized spacial score (nSPS) is 10.1. The van der Waals surface area contributed by atoms with Gasteiger partial charge >= 0.3 is 0 Å². The Balaban J connectivity index is 2.13. The maximum Gasteiger partial charge on any atom is 0.273 e. The summed E-state index contributed by atoms with van der Waals surface area (Å²) in [4.78, 5) is 14.4. The van der Waals surface area contributed by atoms with E-state index < -0.39 is 4.92 Å². The van der Waals surface area contributed by atoms with Crippen LogP contribution >= 0.6 is 0 Å². The number of non-ortho nitro benzene ring substituents is 1. The number of pyridine rings is 1. The molecule has 2 aromatic rings. The van der Waals surface area contributed by atoms with Crippen LogP contribution in [0.25, 0.3) is 0 Å². The second-order valence-corrected chi connectivity index (χ2v) is 4.18. The first-order chi connectivity index (χ1) is 9.60. The molecule has 3 N–H and O–H groups in total.